The van der Waals surface area contributed by atoms with Gasteiger partial charge in [-0.2, -0.15) is 0 Å². The molecule has 22 heavy (non-hydrogen) atoms. The molecule has 0 spiro atoms. The van der Waals surface area contributed by atoms with Crippen LogP contribution in [0.4, 0.5) is 0 Å². The predicted molar refractivity (Wildman–Crippen MR) is 90.7 cm³/mol. The summed E-state index contributed by atoms with van der Waals surface area (Å²) in [5, 5.41) is 0. The van der Waals surface area contributed by atoms with E-state index in [4.69, 9.17) is 9.73 Å². The summed E-state index contributed by atoms with van der Waals surface area (Å²) in [6.07, 6.45) is 12.4. The zero-order valence-corrected chi connectivity index (χ0v) is 13.6. The van der Waals surface area contributed by atoms with E-state index in [1.807, 2.05) is 12.1 Å². The summed E-state index contributed by atoms with van der Waals surface area (Å²) in [5.74, 6) is 3.97. The number of nitrogens with zero attached hydrogens (tertiary/aromatic N) is 1. The first-order valence-corrected chi connectivity index (χ1v) is 8.89. The molecule has 0 amide bonds. The van der Waals surface area contributed by atoms with Crippen LogP contribution in [0.1, 0.15) is 50.5 Å². The second kappa shape index (κ2) is 5.72. The molecule has 1 aromatic rings. The molecule has 0 radical (unpaired) electrons. The normalized spacial score (nSPS) is 36.7. The van der Waals surface area contributed by atoms with Crippen LogP contribution in [0.3, 0.4) is 0 Å². The molecule has 2 heteroatoms. The van der Waals surface area contributed by atoms with Crippen LogP contribution in [0, 0.1) is 23.2 Å². The number of hydrogen-bond acceptors (Lipinski definition) is 2. The lowest BCUT2D eigenvalue weighted by atomic mass is 9.61. The quantitative estimate of drug-likeness (QED) is 0.737. The third kappa shape index (κ3) is 2.80. The van der Waals surface area contributed by atoms with Crippen molar-refractivity contribution in [3.05, 3.63) is 29.8 Å². The molecule has 2 nitrogen and oxygen atoms in total. The van der Waals surface area contributed by atoms with Crippen LogP contribution >= 0.6 is 0 Å². The highest BCUT2D eigenvalue weighted by molar-refractivity contribution is 5.79. The molecular formula is C20H27NO. The largest absolute Gasteiger partial charge is 0.497 e. The predicted octanol–water partition coefficient (Wildman–Crippen LogP) is 4.72. The van der Waals surface area contributed by atoms with Gasteiger partial charge < -0.3 is 4.74 Å². The first-order valence-electron chi connectivity index (χ1n) is 8.89. The summed E-state index contributed by atoms with van der Waals surface area (Å²) in [6.45, 7) is 1.04. The van der Waals surface area contributed by atoms with E-state index in [2.05, 4.69) is 18.3 Å². The Morgan fingerprint density at radius 1 is 1.09 bits per heavy atom. The molecule has 0 saturated heterocycles. The SMILES string of the molecule is COc1ccc(C=NCC23CCC4CC(CC(C4)C2)C3)cc1. The number of aliphatic imine (C=N–C) groups is 1. The van der Waals surface area contributed by atoms with E-state index in [-0.39, 0.29) is 0 Å². The van der Waals surface area contributed by atoms with Crippen LogP contribution in [0.15, 0.2) is 29.3 Å². The standard InChI is InChI=1S/C20H27NO/c1-22-19-4-2-15(3-5-19)13-21-14-20-7-6-16-8-17(11-20)10-18(9-16)12-20/h2-5,13,16-18H,6-12,14H2,1H3. The van der Waals surface area contributed by atoms with Gasteiger partial charge in [0.05, 0.1) is 7.11 Å². The molecule has 0 heterocycles. The summed E-state index contributed by atoms with van der Waals surface area (Å²) in [4.78, 5) is 4.86. The average molecular weight is 297 g/mol. The van der Waals surface area contributed by atoms with Crippen molar-refractivity contribution < 1.29 is 4.74 Å². The highest BCUT2D eigenvalue weighted by atomic mass is 16.5. The lowest BCUT2D eigenvalue weighted by Gasteiger charge is -2.44. The topological polar surface area (TPSA) is 21.6 Å². The number of fused-ring (bicyclic) bond motifs is 1. The summed E-state index contributed by atoms with van der Waals surface area (Å²) >= 11 is 0. The van der Waals surface area contributed by atoms with Crippen LogP contribution in [0.5, 0.6) is 5.75 Å². The fourth-order valence-corrected chi connectivity index (χ4v) is 5.54. The summed E-state index contributed by atoms with van der Waals surface area (Å²) in [7, 11) is 1.71. The van der Waals surface area contributed by atoms with E-state index in [0.717, 1.165) is 30.0 Å². The minimum Gasteiger partial charge on any atom is -0.497 e. The molecule has 4 aliphatic carbocycles. The Bertz CT molecular complexity index is 533. The minimum absolute atomic E-state index is 0.530. The van der Waals surface area contributed by atoms with Crippen LogP contribution in [0.2, 0.25) is 0 Å². The van der Waals surface area contributed by atoms with E-state index in [1.54, 1.807) is 7.11 Å². The van der Waals surface area contributed by atoms with E-state index < -0.39 is 0 Å². The van der Waals surface area contributed by atoms with Crippen molar-refractivity contribution in [2.45, 2.75) is 44.9 Å². The molecule has 4 saturated carbocycles. The Morgan fingerprint density at radius 2 is 1.77 bits per heavy atom. The maximum atomic E-state index is 5.21. The summed E-state index contributed by atoms with van der Waals surface area (Å²) < 4.78 is 5.21. The van der Waals surface area contributed by atoms with E-state index >= 15 is 0 Å². The number of ether oxygens (including phenoxy) is 1. The monoisotopic (exact) mass is 297 g/mol. The number of benzene rings is 1. The second-order valence-corrected chi connectivity index (χ2v) is 8.00. The van der Waals surface area contributed by atoms with E-state index in [0.29, 0.717) is 5.41 Å². The lowest BCUT2D eigenvalue weighted by Crippen LogP contribution is -2.36. The van der Waals surface area contributed by atoms with Crippen molar-refractivity contribution >= 4 is 6.21 Å². The van der Waals surface area contributed by atoms with Crippen molar-refractivity contribution in [1.82, 2.24) is 0 Å². The molecule has 0 aromatic heterocycles. The zero-order valence-electron chi connectivity index (χ0n) is 13.6. The van der Waals surface area contributed by atoms with E-state index in [9.17, 15) is 0 Å². The molecule has 4 aliphatic rings. The first kappa shape index (κ1) is 14.3. The van der Waals surface area contributed by atoms with Crippen molar-refractivity contribution in [2.24, 2.45) is 28.2 Å². The third-order valence-electron chi connectivity index (χ3n) is 6.31. The van der Waals surface area contributed by atoms with Gasteiger partial charge in [-0.1, -0.05) is 0 Å². The van der Waals surface area contributed by atoms with Gasteiger partial charge in [0.15, 0.2) is 0 Å². The van der Waals surface area contributed by atoms with Gasteiger partial charge in [-0.3, -0.25) is 4.99 Å². The van der Waals surface area contributed by atoms with Crippen LogP contribution < -0.4 is 4.74 Å². The average Bonchev–Trinajstić information content (AvgIpc) is 2.72. The van der Waals surface area contributed by atoms with Gasteiger partial charge in [-0.25, -0.2) is 0 Å². The maximum absolute atomic E-state index is 5.21. The van der Waals surface area contributed by atoms with Crippen molar-refractivity contribution in [3.63, 3.8) is 0 Å². The molecule has 5 rings (SSSR count). The number of rotatable bonds is 4. The molecule has 0 aliphatic heterocycles. The number of hydrogen-bond donors (Lipinski definition) is 0. The molecule has 118 valence electrons. The van der Waals surface area contributed by atoms with Crippen molar-refractivity contribution in [3.8, 4) is 5.75 Å². The molecule has 0 N–H and O–H groups in total. The molecule has 4 fully saturated rings. The first-order chi connectivity index (χ1) is 10.7. The van der Waals surface area contributed by atoms with Gasteiger partial charge in [0.1, 0.15) is 5.75 Å². The van der Waals surface area contributed by atoms with Crippen LogP contribution in [0.25, 0.3) is 0 Å². The highest BCUT2D eigenvalue weighted by Crippen LogP contribution is 2.57. The van der Waals surface area contributed by atoms with E-state index in [1.165, 1.54) is 50.5 Å². The second-order valence-electron chi connectivity index (χ2n) is 8.00. The van der Waals surface area contributed by atoms with Crippen LogP contribution in [-0.4, -0.2) is 19.9 Å². The summed E-state index contributed by atoms with van der Waals surface area (Å²) in [6, 6.07) is 8.20. The zero-order chi connectivity index (χ0) is 15.0. The minimum atomic E-state index is 0.530. The smallest absolute Gasteiger partial charge is 0.118 e. The van der Waals surface area contributed by atoms with Crippen molar-refractivity contribution in [2.75, 3.05) is 13.7 Å². The van der Waals surface area contributed by atoms with Gasteiger partial charge in [0.2, 0.25) is 0 Å². The Hall–Kier alpha value is -1.31. The number of methoxy groups -OCH3 is 1. The van der Waals surface area contributed by atoms with Gasteiger partial charge in [0, 0.05) is 12.8 Å². The summed E-state index contributed by atoms with van der Waals surface area (Å²) in [5.41, 5.74) is 1.71. The molecule has 1 aromatic carbocycles. The highest BCUT2D eigenvalue weighted by Gasteiger charge is 2.47. The van der Waals surface area contributed by atoms with Gasteiger partial charge in [-0.15, -0.1) is 0 Å². The molecular weight excluding hydrogens is 270 g/mol. The lowest BCUT2D eigenvalue weighted by molar-refractivity contribution is 0.0728. The fourth-order valence-electron chi connectivity index (χ4n) is 5.54. The maximum Gasteiger partial charge on any atom is 0.118 e. The Morgan fingerprint density at radius 3 is 2.45 bits per heavy atom. The van der Waals surface area contributed by atoms with Gasteiger partial charge in [0.25, 0.3) is 0 Å². The van der Waals surface area contributed by atoms with Gasteiger partial charge >= 0.3 is 0 Å². The van der Waals surface area contributed by atoms with Gasteiger partial charge in [-0.05, 0) is 97.9 Å². The van der Waals surface area contributed by atoms with Crippen molar-refractivity contribution in [1.29, 1.82) is 0 Å². The third-order valence-corrected chi connectivity index (χ3v) is 6.31. The molecule has 2 atom stereocenters. The Kier molecular flexibility index (Phi) is 3.71. The Labute approximate surface area is 134 Å². The Balaban J connectivity index is 1.44. The fraction of sp³-hybridized carbons (Fsp3) is 0.650. The molecule has 2 unspecified atom stereocenters. The van der Waals surface area contributed by atoms with Crippen LogP contribution in [-0.2, 0) is 0 Å². The molecule has 4 bridgehead atoms.